The van der Waals surface area contributed by atoms with Gasteiger partial charge in [-0.05, 0) is 60.7 Å². The average Bonchev–Trinajstić information content (AvgIpc) is 3.33. The van der Waals surface area contributed by atoms with Crippen LogP contribution in [0, 0.1) is 5.92 Å². The van der Waals surface area contributed by atoms with E-state index in [0.29, 0.717) is 22.8 Å². The quantitative estimate of drug-likeness (QED) is 0.848. The zero-order valence-electron chi connectivity index (χ0n) is 14.1. The van der Waals surface area contributed by atoms with Crippen LogP contribution in [-0.4, -0.2) is 20.9 Å². The number of amides is 1. The minimum absolute atomic E-state index is 0.142. The Balaban J connectivity index is 1.49. The van der Waals surface area contributed by atoms with E-state index in [1.54, 1.807) is 30.3 Å². The number of carbonyl (C=O) groups excluding carboxylic acids is 1. The largest absolute Gasteiger partial charge is 0.312 e. The predicted molar refractivity (Wildman–Crippen MR) is 103 cm³/mol. The number of hydrogen-bond donors (Lipinski definition) is 1. The third kappa shape index (κ3) is 3.71. The van der Waals surface area contributed by atoms with Crippen LogP contribution >= 0.6 is 11.6 Å². The average molecular weight is 391 g/mol. The number of anilines is 2. The molecule has 0 saturated heterocycles. The number of sulfonamides is 1. The molecule has 0 spiro atoms. The van der Waals surface area contributed by atoms with Gasteiger partial charge in [-0.1, -0.05) is 23.7 Å². The predicted octanol–water partition coefficient (Wildman–Crippen LogP) is 3.58. The van der Waals surface area contributed by atoms with Crippen LogP contribution in [0.25, 0.3) is 0 Å². The molecule has 1 heterocycles. The van der Waals surface area contributed by atoms with Crippen molar-refractivity contribution in [3.05, 3.63) is 58.6 Å². The van der Waals surface area contributed by atoms with Crippen molar-refractivity contribution >= 4 is 38.9 Å². The number of nitrogens with one attached hydrogen (secondary N) is 1. The van der Waals surface area contributed by atoms with Crippen molar-refractivity contribution in [3.8, 4) is 0 Å². The standard InChI is InChI=1S/C19H19ClN2O3S/c20-16-3-1-2-13(10-16)12-26(24,25)21-17-6-7-18-15(11-17)8-9-22(18)19(23)14-4-5-14/h1-3,6-7,10-11,14,21H,4-5,8-9,12H2. The second kappa shape index (κ2) is 6.59. The molecule has 1 N–H and O–H groups in total. The Morgan fingerprint density at radius 1 is 1.19 bits per heavy atom. The van der Waals surface area contributed by atoms with Crippen LogP contribution < -0.4 is 9.62 Å². The number of carbonyl (C=O) groups is 1. The summed E-state index contributed by atoms with van der Waals surface area (Å²) in [7, 11) is -3.54. The molecule has 0 atom stereocenters. The lowest BCUT2D eigenvalue weighted by atomic mass is 10.1. The fourth-order valence-corrected chi connectivity index (χ4v) is 4.70. The highest BCUT2D eigenvalue weighted by molar-refractivity contribution is 7.91. The molecule has 1 aliphatic heterocycles. The van der Waals surface area contributed by atoms with E-state index in [1.165, 1.54) is 0 Å². The summed E-state index contributed by atoms with van der Waals surface area (Å²) < 4.78 is 27.5. The van der Waals surface area contributed by atoms with E-state index in [-0.39, 0.29) is 17.6 Å². The topological polar surface area (TPSA) is 66.5 Å². The normalized spacial score (nSPS) is 16.4. The van der Waals surface area contributed by atoms with Crippen molar-refractivity contribution in [1.82, 2.24) is 0 Å². The zero-order chi connectivity index (χ0) is 18.3. The van der Waals surface area contributed by atoms with Crippen molar-refractivity contribution in [1.29, 1.82) is 0 Å². The summed E-state index contributed by atoms with van der Waals surface area (Å²) in [5.74, 6) is 0.228. The molecule has 26 heavy (non-hydrogen) atoms. The number of rotatable bonds is 5. The molecule has 4 rings (SSSR count). The minimum atomic E-state index is -3.54. The number of nitrogens with zero attached hydrogens (tertiary/aromatic N) is 1. The summed E-state index contributed by atoms with van der Waals surface area (Å²) in [6.07, 6.45) is 2.70. The van der Waals surface area contributed by atoms with Crippen LogP contribution in [0.15, 0.2) is 42.5 Å². The molecule has 0 radical (unpaired) electrons. The molecular weight excluding hydrogens is 372 g/mol. The van der Waals surface area contributed by atoms with Crippen molar-refractivity contribution in [2.75, 3.05) is 16.2 Å². The Bertz CT molecular complexity index is 970. The summed E-state index contributed by atoms with van der Waals surface area (Å²) in [4.78, 5) is 14.1. The van der Waals surface area contributed by atoms with Crippen LogP contribution in [0.1, 0.15) is 24.0 Å². The molecule has 136 valence electrons. The Hall–Kier alpha value is -2.05. The summed E-state index contributed by atoms with van der Waals surface area (Å²) >= 11 is 5.92. The number of benzene rings is 2. The fraction of sp³-hybridized carbons (Fsp3) is 0.316. The van der Waals surface area contributed by atoms with Crippen LogP contribution in [0.3, 0.4) is 0 Å². The molecule has 2 aromatic rings. The van der Waals surface area contributed by atoms with Gasteiger partial charge in [0.05, 0.1) is 5.75 Å². The maximum absolute atomic E-state index is 12.4. The second-order valence-corrected chi connectivity index (χ2v) is 9.01. The molecule has 0 aromatic heterocycles. The highest BCUT2D eigenvalue weighted by Gasteiger charge is 2.36. The van der Waals surface area contributed by atoms with Crippen molar-refractivity contribution in [2.45, 2.75) is 25.0 Å². The second-order valence-electron chi connectivity index (χ2n) is 6.85. The molecule has 1 aliphatic carbocycles. The van der Waals surface area contributed by atoms with Gasteiger partial charge in [0, 0.05) is 28.9 Å². The van der Waals surface area contributed by atoms with Gasteiger partial charge in [0.15, 0.2) is 0 Å². The summed E-state index contributed by atoms with van der Waals surface area (Å²) in [5.41, 5.74) is 3.06. The van der Waals surface area contributed by atoms with E-state index in [4.69, 9.17) is 11.6 Å². The first-order valence-electron chi connectivity index (χ1n) is 8.60. The van der Waals surface area contributed by atoms with E-state index in [0.717, 1.165) is 30.5 Å². The van der Waals surface area contributed by atoms with Gasteiger partial charge in [-0.15, -0.1) is 0 Å². The van der Waals surface area contributed by atoms with Gasteiger partial charge in [0.25, 0.3) is 0 Å². The molecule has 0 bridgehead atoms. The van der Waals surface area contributed by atoms with Gasteiger partial charge in [0.1, 0.15) is 0 Å². The SMILES string of the molecule is O=C(C1CC1)N1CCc2cc(NS(=O)(=O)Cc3cccc(Cl)c3)ccc21. The highest BCUT2D eigenvalue weighted by atomic mass is 35.5. The smallest absolute Gasteiger partial charge is 0.236 e. The van der Waals surface area contributed by atoms with Gasteiger partial charge in [0.2, 0.25) is 15.9 Å². The lowest BCUT2D eigenvalue weighted by molar-refractivity contribution is -0.119. The first-order valence-corrected chi connectivity index (χ1v) is 10.6. The van der Waals surface area contributed by atoms with Crippen LogP contribution in [0.5, 0.6) is 0 Å². The maximum atomic E-state index is 12.4. The van der Waals surface area contributed by atoms with Gasteiger partial charge >= 0.3 is 0 Å². The molecule has 1 saturated carbocycles. The molecule has 7 heteroatoms. The van der Waals surface area contributed by atoms with Crippen LogP contribution in [0.4, 0.5) is 11.4 Å². The van der Waals surface area contributed by atoms with Gasteiger partial charge < -0.3 is 4.90 Å². The third-order valence-electron chi connectivity index (χ3n) is 4.69. The summed E-state index contributed by atoms with van der Waals surface area (Å²) in [6.45, 7) is 0.670. The minimum Gasteiger partial charge on any atom is -0.312 e. The lowest BCUT2D eigenvalue weighted by Crippen LogP contribution is -2.30. The van der Waals surface area contributed by atoms with E-state index < -0.39 is 10.0 Å². The van der Waals surface area contributed by atoms with Crippen LogP contribution in [0.2, 0.25) is 5.02 Å². The van der Waals surface area contributed by atoms with Crippen LogP contribution in [-0.2, 0) is 27.0 Å². The van der Waals surface area contributed by atoms with E-state index in [2.05, 4.69) is 4.72 Å². The van der Waals surface area contributed by atoms with Crippen molar-refractivity contribution < 1.29 is 13.2 Å². The van der Waals surface area contributed by atoms with E-state index >= 15 is 0 Å². The van der Waals surface area contributed by atoms with Gasteiger partial charge in [-0.2, -0.15) is 0 Å². The third-order valence-corrected chi connectivity index (χ3v) is 6.18. The Morgan fingerprint density at radius 3 is 2.73 bits per heavy atom. The molecule has 2 aromatic carbocycles. The molecule has 0 unspecified atom stereocenters. The first-order chi connectivity index (χ1) is 12.4. The first kappa shape index (κ1) is 17.4. The van der Waals surface area contributed by atoms with Gasteiger partial charge in [-0.3, -0.25) is 9.52 Å². The zero-order valence-corrected chi connectivity index (χ0v) is 15.7. The molecular formula is C19H19ClN2O3S. The number of fused-ring (bicyclic) bond motifs is 1. The Kier molecular flexibility index (Phi) is 4.40. The molecule has 1 amide bonds. The van der Waals surface area contributed by atoms with E-state index in [9.17, 15) is 13.2 Å². The number of hydrogen-bond acceptors (Lipinski definition) is 3. The Morgan fingerprint density at radius 2 is 2.00 bits per heavy atom. The molecule has 2 aliphatic rings. The molecule has 1 fully saturated rings. The highest BCUT2D eigenvalue weighted by Crippen LogP contribution is 2.37. The lowest BCUT2D eigenvalue weighted by Gasteiger charge is -2.17. The van der Waals surface area contributed by atoms with Crippen molar-refractivity contribution in [3.63, 3.8) is 0 Å². The maximum Gasteiger partial charge on any atom is 0.236 e. The monoisotopic (exact) mass is 390 g/mol. The fourth-order valence-electron chi connectivity index (χ4n) is 3.31. The summed E-state index contributed by atoms with van der Waals surface area (Å²) in [6, 6.07) is 12.2. The van der Waals surface area contributed by atoms with E-state index in [1.807, 2.05) is 17.0 Å². The molecule has 5 nitrogen and oxygen atoms in total. The van der Waals surface area contributed by atoms with Gasteiger partial charge in [-0.25, -0.2) is 8.42 Å². The Labute approximate surface area is 158 Å². The number of halogens is 1. The summed E-state index contributed by atoms with van der Waals surface area (Å²) in [5, 5.41) is 0.510. The van der Waals surface area contributed by atoms with Crippen molar-refractivity contribution in [2.24, 2.45) is 5.92 Å².